The highest BCUT2D eigenvalue weighted by Crippen LogP contribution is 2.12. The third-order valence-corrected chi connectivity index (χ3v) is 6.79. The third kappa shape index (κ3) is 15.4. The molecule has 0 bridgehead atoms. The highest BCUT2D eigenvalue weighted by Gasteiger charge is 2.20. The summed E-state index contributed by atoms with van der Waals surface area (Å²) < 4.78 is 0. The maximum atomic E-state index is 12.7. The van der Waals surface area contributed by atoms with E-state index in [1.165, 1.54) is 12.1 Å². The largest absolute Gasteiger partial charge is 0.508 e. The van der Waals surface area contributed by atoms with Crippen molar-refractivity contribution in [3.05, 3.63) is 59.7 Å². The van der Waals surface area contributed by atoms with E-state index in [1.54, 1.807) is 43.3 Å². The quantitative estimate of drug-likeness (QED) is 0.126. The van der Waals surface area contributed by atoms with Gasteiger partial charge in [-0.1, -0.05) is 38.1 Å². The number of carbonyl (C=O) groups excluding carboxylic acids is 4. The van der Waals surface area contributed by atoms with Crippen LogP contribution in [0.15, 0.2) is 48.5 Å². The zero-order valence-corrected chi connectivity index (χ0v) is 25.9. The van der Waals surface area contributed by atoms with Crippen molar-refractivity contribution in [1.29, 1.82) is 0 Å². The number of phenolic OH excluding ortho intramolecular Hbond substituents is 2. The zero-order chi connectivity index (χ0) is 33.4. The second-order valence-corrected chi connectivity index (χ2v) is 11.3. The lowest BCUT2D eigenvalue weighted by Gasteiger charge is -2.25. The summed E-state index contributed by atoms with van der Waals surface area (Å²) in [4.78, 5) is 48.7. The second-order valence-electron chi connectivity index (χ2n) is 11.3. The Labute approximate surface area is 263 Å². The molecule has 0 saturated heterocycles. The fourth-order valence-corrected chi connectivity index (χ4v) is 4.23. The van der Waals surface area contributed by atoms with Crippen LogP contribution in [0.1, 0.15) is 31.9 Å². The van der Waals surface area contributed by atoms with Crippen LogP contribution in [0.4, 0.5) is 19.2 Å². The maximum absolute atomic E-state index is 12.7. The van der Waals surface area contributed by atoms with Gasteiger partial charge in [-0.2, -0.15) is 0 Å². The van der Waals surface area contributed by atoms with Crippen molar-refractivity contribution in [3.63, 3.8) is 0 Å². The number of aromatic hydroxyl groups is 2. The van der Waals surface area contributed by atoms with Gasteiger partial charge in [0.05, 0.1) is 12.1 Å². The van der Waals surface area contributed by atoms with Gasteiger partial charge in [0.2, 0.25) is 0 Å². The van der Waals surface area contributed by atoms with Crippen LogP contribution < -0.4 is 48.7 Å². The van der Waals surface area contributed by atoms with Crippen LogP contribution >= 0.6 is 0 Å². The van der Waals surface area contributed by atoms with E-state index in [0.717, 1.165) is 11.1 Å². The summed E-state index contributed by atoms with van der Waals surface area (Å²) in [5.41, 5.74) is 13.1. The number of nitrogens with one attached hydrogen (secondary N) is 7. The minimum Gasteiger partial charge on any atom is -0.508 e. The predicted octanol–water partition coefficient (Wildman–Crippen LogP) is 0.558. The summed E-state index contributed by atoms with van der Waals surface area (Å²) in [5, 5.41) is 37.9. The number of benzene rings is 2. The van der Waals surface area contributed by atoms with Crippen molar-refractivity contribution in [2.45, 2.75) is 57.8 Å². The monoisotopic (exact) mass is 629 g/mol. The standard InChI is InChI=1S/C30H47N9O6/c1-18(2)26(17-36-29(44)38-23(16-33-27(32)42)13-21-6-10-25(41)11-7-21)39-30(45)34-14-19(3)37-28(43)35-15-22(31)12-20-4-8-24(40)9-5-20/h4-11,18-19,22-23,26,40-41H,12-17,31H2,1-3H3,(H3,32,33,42)(H2,34,39,45)(H2,35,37,43)(H2,36,38,44)/t19-,22?,23-,26?/m0/s1. The number of phenols is 2. The van der Waals surface area contributed by atoms with Gasteiger partial charge in [0, 0.05) is 38.3 Å². The Morgan fingerprint density at radius 1 is 0.644 bits per heavy atom. The Morgan fingerprint density at radius 2 is 1.13 bits per heavy atom. The van der Waals surface area contributed by atoms with E-state index >= 15 is 0 Å². The van der Waals surface area contributed by atoms with E-state index < -0.39 is 36.2 Å². The third-order valence-electron chi connectivity index (χ3n) is 6.79. The highest BCUT2D eigenvalue weighted by molar-refractivity contribution is 5.76. The Bertz CT molecular complexity index is 1230. The van der Waals surface area contributed by atoms with Crippen molar-refractivity contribution in [2.75, 3.05) is 26.2 Å². The van der Waals surface area contributed by atoms with Gasteiger partial charge in [0.1, 0.15) is 11.5 Å². The maximum Gasteiger partial charge on any atom is 0.315 e. The van der Waals surface area contributed by atoms with E-state index in [0.29, 0.717) is 12.8 Å². The molecule has 45 heavy (non-hydrogen) atoms. The zero-order valence-electron chi connectivity index (χ0n) is 25.9. The lowest BCUT2D eigenvalue weighted by Crippen LogP contribution is -2.55. The lowest BCUT2D eigenvalue weighted by molar-refractivity contribution is 0.223. The molecule has 0 aromatic heterocycles. The van der Waals surface area contributed by atoms with Crippen LogP contribution in [-0.2, 0) is 12.8 Å². The molecule has 2 rings (SSSR count). The molecule has 2 aromatic carbocycles. The Hall–Kier alpha value is -4.92. The number of rotatable bonds is 16. The molecule has 248 valence electrons. The molecule has 0 heterocycles. The van der Waals surface area contributed by atoms with Gasteiger partial charge in [0.15, 0.2) is 0 Å². The van der Waals surface area contributed by atoms with E-state index in [9.17, 15) is 29.4 Å². The first-order valence-corrected chi connectivity index (χ1v) is 14.8. The molecule has 0 aliphatic heterocycles. The number of primary amides is 1. The molecule has 2 aromatic rings. The lowest BCUT2D eigenvalue weighted by atomic mass is 10.0. The summed E-state index contributed by atoms with van der Waals surface area (Å²) in [5.74, 6) is 0.265. The van der Waals surface area contributed by atoms with Crippen molar-refractivity contribution >= 4 is 24.1 Å². The van der Waals surface area contributed by atoms with E-state index in [4.69, 9.17) is 11.5 Å². The first kappa shape index (κ1) is 36.3. The van der Waals surface area contributed by atoms with E-state index in [-0.39, 0.29) is 55.7 Å². The Kier molecular flexibility index (Phi) is 15.1. The van der Waals surface area contributed by atoms with Crippen LogP contribution in [-0.4, -0.2) is 84.7 Å². The summed E-state index contributed by atoms with van der Waals surface area (Å²) in [6.45, 7) is 6.16. The normalized spacial score (nSPS) is 13.4. The van der Waals surface area contributed by atoms with Crippen LogP contribution in [0.5, 0.6) is 11.5 Å². The van der Waals surface area contributed by atoms with Crippen LogP contribution in [0, 0.1) is 5.92 Å². The molecule has 4 atom stereocenters. The van der Waals surface area contributed by atoms with Gasteiger partial charge in [-0.15, -0.1) is 0 Å². The molecule has 0 aliphatic carbocycles. The minimum atomic E-state index is -0.723. The molecule has 8 amide bonds. The van der Waals surface area contributed by atoms with Gasteiger partial charge in [-0.25, -0.2) is 19.2 Å². The minimum absolute atomic E-state index is 0.0208. The molecular formula is C30H47N9O6. The van der Waals surface area contributed by atoms with Crippen molar-refractivity contribution in [1.82, 2.24) is 37.2 Å². The average molecular weight is 630 g/mol. The number of nitrogens with two attached hydrogens (primary N) is 2. The summed E-state index contributed by atoms with van der Waals surface area (Å²) in [6.07, 6.45) is 0.900. The first-order chi connectivity index (χ1) is 21.3. The molecule has 15 nitrogen and oxygen atoms in total. The predicted molar refractivity (Wildman–Crippen MR) is 171 cm³/mol. The Morgan fingerprint density at radius 3 is 1.69 bits per heavy atom. The van der Waals surface area contributed by atoms with Gasteiger partial charge in [-0.05, 0) is 61.1 Å². The second kappa shape index (κ2) is 18.7. The number of hydrogen-bond acceptors (Lipinski definition) is 7. The Balaban J connectivity index is 1.73. The number of urea groups is 4. The van der Waals surface area contributed by atoms with E-state index in [1.807, 2.05) is 13.8 Å². The fourth-order valence-electron chi connectivity index (χ4n) is 4.23. The van der Waals surface area contributed by atoms with Crippen LogP contribution in [0.25, 0.3) is 0 Å². The fraction of sp³-hybridized carbons (Fsp3) is 0.467. The van der Waals surface area contributed by atoms with Crippen LogP contribution in [0.2, 0.25) is 0 Å². The van der Waals surface area contributed by atoms with Crippen molar-refractivity contribution in [2.24, 2.45) is 17.4 Å². The number of carbonyl (C=O) groups is 4. The molecule has 0 fully saturated rings. The van der Waals surface area contributed by atoms with Crippen molar-refractivity contribution in [3.8, 4) is 11.5 Å². The smallest absolute Gasteiger partial charge is 0.315 e. The van der Waals surface area contributed by atoms with E-state index in [2.05, 4.69) is 37.2 Å². The molecule has 0 radical (unpaired) electrons. The van der Waals surface area contributed by atoms with Crippen LogP contribution in [0.3, 0.4) is 0 Å². The summed E-state index contributed by atoms with van der Waals surface area (Å²) >= 11 is 0. The van der Waals surface area contributed by atoms with Gasteiger partial charge in [0.25, 0.3) is 0 Å². The van der Waals surface area contributed by atoms with Gasteiger partial charge >= 0.3 is 24.1 Å². The molecule has 0 saturated carbocycles. The molecule has 2 unspecified atom stereocenters. The molecule has 0 aliphatic rings. The topological polar surface area (TPSA) is 245 Å². The average Bonchev–Trinajstić information content (AvgIpc) is 2.98. The molecule has 13 N–H and O–H groups in total. The molecule has 0 spiro atoms. The number of hydrogen-bond donors (Lipinski definition) is 11. The highest BCUT2D eigenvalue weighted by atomic mass is 16.3. The molecular weight excluding hydrogens is 582 g/mol. The van der Waals surface area contributed by atoms with Gasteiger partial charge in [-0.3, -0.25) is 0 Å². The number of amides is 8. The van der Waals surface area contributed by atoms with Crippen molar-refractivity contribution < 1.29 is 29.4 Å². The summed E-state index contributed by atoms with van der Waals surface area (Å²) in [7, 11) is 0. The van der Waals surface area contributed by atoms with Gasteiger partial charge < -0.3 is 58.9 Å². The first-order valence-electron chi connectivity index (χ1n) is 14.8. The SMILES string of the molecule is CC(C)C(CNC(=O)N[C@H](CNC(N)=O)Cc1ccc(O)cc1)NC(=O)NC[C@H](C)NC(=O)NCC(N)Cc1ccc(O)cc1. The summed E-state index contributed by atoms with van der Waals surface area (Å²) in [6, 6.07) is 9.48. The molecule has 15 heteroatoms.